The van der Waals surface area contributed by atoms with E-state index in [4.69, 9.17) is 5.11 Å². The van der Waals surface area contributed by atoms with Gasteiger partial charge >= 0.3 is 5.97 Å². The number of aliphatic carboxylic acids is 1. The van der Waals surface area contributed by atoms with E-state index in [1.54, 1.807) is 0 Å². The molecule has 1 aromatic heterocycles. The van der Waals surface area contributed by atoms with Crippen molar-refractivity contribution in [1.82, 2.24) is 9.71 Å². The molecule has 0 fully saturated rings. The number of hydrogen-bond donors (Lipinski definition) is 2. The number of hydrogen-bond acceptors (Lipinski definition) is 4. The summed E-state index contributed by atoms with van der Waals surface area (Å²) in [5.74, 6) is -1.60. The Balaban J connectivity index is 2.56. The molecule has 1 rings (SSSR count). The van der Waals surface area contributed by atoms with Crippen molar-refractivity contribution in [1.29, 1.82) is 0 Å². The van der Waals surface area contributed by atoms with Crippen molar-refractivity contribution in [2.45, 2.75) is 38.0 Å². The van der Waals surface area contributed by atoms with Gasteiger partial charge in [-0.1, -0.05) is 13.8 Å². The van der Waals surface area contributed by atoms with Crippen LogP contribution in [0.1, 0.15) is 33.1 Å². The highest BCUT2D eigenvalue weighted by molar-refractivity contribution is 7.89. The fourth-order valence-corrected chi connectivity index (χ4v) is 2.72. The number of carbonyl (C=O) groups is 1. The Labute approximate surface area is 123 Å². The summed E-state index contributed by atoms with van der Waals surface area (Å²) in [7, 11) is -3.81. The van der Waals surface area contributed by atoms with E-state index in [9.17, 15) is 17.6 Å². The van der Waals surface area contributed by atoms with Gasteiger partial charge in [-0.15, -0.1) is 0 Å². The Morgan fingerprint density at radius 2 is 2.05 bits per heavy atom. The van der Waals surface area contributed by atoms with Gasteiger partial charge in [0.2, 0.25) is 10.0 Å². The zero-order valence-electron chi connectivity index (χ0n) is 12.0. The average Bonchev–Trinajstić information content (AvgIpc) is 2.36. The zero-order valence-corrected chi connectivity index (χ0v) is 12.8. The number of nitrogens with one attached hydrogen (secondary N) is 1. The van der Waals surface area contributed by atoms with Gasteiger partial charge in [0.15, 0.2) is 0 Å². The Morgan fingerprint density at radius 1 is 1.38 bits per heavy atom. The van der Waals surface area contributed by atoms with Gasteiger partial charge in [0.05, 0.1) is 6.20 Å². The Bertz CT molecular complexity index is 602. The molecule has 0 amide bonds. The Kier molecular flexibility index (Phi) is 5.79. The molecule has 0 aromatic carbocycles. The molecule has 0 unspecified atom stereocenters. The minimum absolute atomic E-state index is 0.0353. The second-order valence-corrected chi connectivity index (χ2v) is 7.31. The van der Waals surface area contributed by atoms with Crippen molar-refractivity contribution < 1.29 is 22.7 Å². The van der Waals surface area contributed by atoms with Crippen molar-refractivity contribution in [3.63, 3.8) is 0 Å². The van der Waals surface area contributed by atoms with E-state index in [2.05, 4.69) is 9.71 Å². The highest BCUT2D eigenvalue weighted by Gasteiger charge is 2.21. The third-order valence-electron chi connectivity index (χ3n) is 3.10. The molecule has 0 aliphatic rings. The molecule has 6 nitrogen and oxygen atoms in total. The van der Waals surface area contributed by atoms with Crippen LogP contribution >= 0.6 is 0 Å². The Hall–Kier alpha value is -1.54. The van der Waals surface area contributed by atoms with E-state index >= 15 is 0 Å². The summed E-state index contributed by atoms with van der Waals surface area (Å²) in [6, 6.07) is 0.894. The van der Waals surface area contributed by atoms with Gasteiger partial charge in [0.1, 0.15) is 10.7 Å². The molecule has 21 heavy (non-hydrogen) atoms. The van der Waals surface area contributed by atoms with Gasteiger partial charge in [-0.2, -0.15) is 0 Å². The van der Waals surface area contributed by atoms with E-state index < -0.39 is 21.8 Å². The molecule has 0 bridgehead atoms. The fraction of sp³-hybridized carbons (Fsp3) is 0.538. The highest BCUT2D eigenvalue weighted by atomic mass is 32.2. The summed E-state index contributed by atoms with van der Waals surface area (Å²) < 4.78 is 39.2. The molecule has 118 valence electrons. The number of carboxylic acid groups (broad SMARTS) is 1. The number of sulfonamides is 1. The average molecular weight is 318 g/mol. The van der Waals surface area contributed by atoms with Gasteiger partial charge in [-0.25, -0.2) is 17.5 Å². The standard InChI is InChI=1S/C13H19FN2O4S/c1-13(2,4-3-12(17)18)5-6-16-21(19,20)11-7-10(14)8-15-9-11/h7-9,16H,3-6H2,1-2H3,(H,17,18). The lowest BCUT2D eigenvalue weighted by atomic mass is 9.84. The molecule has 0 spiro atoms. The molecule has 1 heterocycles. The number of halogens is 1. The van der Waals surface area contributed by atoms with E-state index in [0.29, 0.717) is 12.8 Å². The summed E-state index contributed by atoms with van der Waals surface area (Å²) in [6.07, 6.45) is 2.95. The van der Waals surface area contributed by atoms with Crippen LogP contribution in [0.25, 0.3) is 0 Å². The van der Waals surface area contributed by atoms with Crippen LogP contribution in [0.2, 0.25) is 0 Å². The second-order valence-electron chi connectivity index (χ2n) is 5.54. The third kappa shape index (κ3) is 6.17. The van der Waals surface area contributed by atoms with Gasteiger partial charge in [-0.3, -0.25) is 9.78 Å². The molecule has 0 saturated carbocycles. The first-order valence-corrected chi connectivity index (χ1v) is 7.93. The quantitative estimate of drug-likeness (QED) is 0.761. The normalized spacial score (nSPS) is 12.3. The van der Waals surface area contributed by atoms with Crippen molar-refractivity contribution >= 4 is 16.0 Å². The van der Waals surface area contributed by atoms with Crippen molar-refractivity contribution in [3.05, 3.63) is 24.3 Å². The minimum Gasteiger partial charge on any atom is -0.481 e. The first kappa shape index (κ1) is 17.5. The lowest BCUT2D eigenvalue weighted by Crippen LogP contribution is -2.28. The van der Waals surface area contributed by atoms with Gasteiger partial charge in [0.25, 0.3) is 0 Å². The summed E-state index contributed by atoms with van der Waals surface area (Å²) >= 11 is 0. The first-order valence-electron chi connectivity index (χ1n) is 6.44. The Morgan fingerprint density at radius 3 is 2.62 bits per heavy atom. The number of aromatic nitrogens is 1. The predicted octanol–water partition coefficient (Wildman–Crippen LogP) is 1.78. The zero-order chi connectivity index (χ0) is 16.1. The maximum atomic E-state index is 13.0. The number of carboxylic acids is 1. The van der Waals surface area contributed by atoms with Crippen molar-refractivity contribution in [3.8, 4) is 0 Å². The van der Waals surface area contributed by atoms with Gasteiger partial charge < -0.3 is 5.11 Å². The van der Waals surface area contributed by atoms with Crippen LogP contribution in [0.3, 0.4) is 0 Å². The molecule has 0 radical (unpaired) electrons. The smallest absolute Gasteiger partial charge is 0.303 e. The van der Waals surface area contributed by atoms with Crippen LogP contribution in [-0.4, -0.2) is 31.0 Å². The van der Waals surface area contributed by atoms with Crippen LogP contribution in [-0.2, 0) is 14.8 Å². The maximum absolute atomic E-state index is 13.0. The molecule has 1 aromatic rings. The monoisotopic (exact) mass is 318 g/mol. The summed E-state index contributed by atoms with van der Waals surface area (Å²) in [5.41, 5.74) is -0.304. The lowest BCUT2D eigenvalue weighted by Gasteiger charge is -2.23. The largest absolute Gasteiger partial charge is 0.481 e. The van der Waals surface area contributed by atoms with E-state index in [1.165, 1.54) is 0 Å². The van der Waals surface area contributed by atoms with Crippen molar-refractivity contribution in [2.24, 2.45) is 5.41 Å². The minimum atomic E-state index is -3.81. The number of rotatable bonds is 8. The number of nitrogens with zero attached hydrogens (tertiary/aromatic N) is 1. The van der Waals surface area contributed by atoms with Crippen LogP contribution in [0.4, 0.5) is 4.39 Å². The van der Waals surface area contributed by atoms with Crippen molar-refractivity contribution in [2.75, 3.05) is 6.54 Å². The second kappa shape index (κ2) is 6.95. The SMILES string of the molecule is CC(C)(CCNS(=O)(=O)c1cncc(F)c1)CCC(=O)O. The molecular formula is C13H19FN2O4S. The lowest BCUT2D eigenvalue weighted by molar-refractivity contribution is -0.137. The van der Waals surface area contributed by atoms with Crippen LogP contribution in [0, 0.1) is 11.2 Å². The van der Waals surface area contributed by atoms with Crippen LogP contribution < -0.4 is 4.72 Å². The van der Waals surface area contributed by atoms with Crippen LogP contribution in [0.15, 0.2) is 23.4 Å². The molecule has 0 atom stereocenters. The number of pyridine rings is 1. The molecule has 2 N–H and O–H groups in total. The van der Waals surface area contributed by atoms with E-state index in [-0.39, 0.29) is 23.3 Å². The molecular weight excluding hydrogens is 299 g/mol. The van der Waals surface area contributed by atoms with Gasteiger partial charge in [0, 0.05) is 19.2 Å². The van der Waals surface area contributed by atoms with E-state index in [1.807, 2.05) is 13.8 Å². The van der Waals surface area contributed by atoms with Gasteiger partial charge in [-0.05, 0) is 24.3 Å². The molecule has 8 heteroatoms. The van der Waals surface area contributed by atoms with E-state index in [0.717, 1.165) is 18.5 Å². The maximum Gasteiger partial charge on any atom is 0.303 e. The molecule has 0 aliphatic heterocycles. The summed E-state index contributed by atoms with van der Waals surface area (Å²) in [5, 5.41) is 8.65. The topological polar surface area (TPSA) is 96.4 Å². The first-order chi connectivity index (χ1) is 9.62. The van der Waals surface area contributed by atoms with Crippen LogP contribution in [0.5, 0.6) is 0 Å². The molecule has 0 saturated heterocycles. The summed E-state index contributed by atoms with van der Waals surface area (Å²) in [4.78, 5) is 13.8. The fourth-order valence-electron chi connectivity index (χ4n) is 1.72. The third-order valence-corrected chi connectivity index (χ3v) is 4.53. The highest BCUT2D eigenvalue weighted by Crippen LogP contribution is 2.26. The molecule has 0 aliphatic carbocycles. The predicted molar refractivity (Wildman–Crippen MR) is 74.7 cm³/mol. The summed E-state index contributed by atoms with van der Waals surface area (Å²) in [6.45, 7) is 3.88.